The molecule has 0 bridgehead atoms. The van der Waals surface area contributed by atoms with Gasteiger partial charge in [-0.3, -0.25) is 19.7 Å². The van der Waals surface area contributed by atoms with Crippen molar-refractivity contribution in [1.29, 1.82) is 0 Å². The van der Waals surface area contributed by atoms with E-state index in [0.29, 0.717) is 16.2 Å². The van der Waals surface area contributed by atoms with Crippen LogP contribution in [0.4, 0.5) is 5.69 Å². The third kappa shape index (κ3) is 7.04. The lowest BCUT2D eigenvalue weighted by Gasteiger charge is -2.15. The largest absolute Gasteiger partial charge is 0.446 e. The van der Waals surface area contributed by atoms with Crippen LogP contribution in [-0.4, -0.2) is 37.5 Å². The smallest absolute Gasteiger partial charge is 0.322 e. The number of rotatable bonds is 11. The standard InChI is InChI=1S/C20H23N3O7S2/c1-13(2)12-31-17-9-8-15(10-16(17)23(26)27)32(28,29)22-11-18(24)30-19(20(21)25)14-6-4-3-5-7-14/h3-10,13,19,22H,11-12H2,1-2H3,(H2,21,25). The van der Waals surface area contributed by atoms with E-state index in [4.69, 9.17) is 10.5 Å². The Kier molecular flexibility index (Phi) is 8.75. The highest BCUT2D eigenvalue weighted by Crippen LogP contribution is 2.32. The molecule has 32 heavy (non-hydrogen) atoms. The van der Waals surface area contributed by atoms with Crippen molar-refractivity contribution in [3.63, 3.8) is 0 Å². The third-order valence-corrected chi connectivity index (χ3v) is 6.91. The van der Waals surface area contributed by atoms with E-state index in [-0.39, 0.29) is 16.5 Å². The van der Waals surface area contributed by atoms with E-state index in [1.165, 1.54) is 36.0 Å². The Bertz CT molecular complexity index is 1090. The molecule has 0 fully saturated rings. The number of thioether (sulfide) groups is 1. The van der Waals surface area contributed by atoms with Crippen LogP contribution in [0.1, 0.15) is 25.5 Å². The first-order valence-corrected chi connectivity index (χ1v) is 11.9. The van der Waals surface area contributed by atoms with Crippen LogP contribution in [0.15, 0.2) is 58.3 Å². The van der Waals surface area contributed by atoms with E-state index < -0.39 is 39.5 Å². The van der Waals surface area contributed by atoms with Crippen LogP contribution >= 0.6 is 11.8 Å². The predicted octanol–water partition coefficient (Wildman–Crippen LogP) is 2.39. The van der Waals surface area contributed by atoms with Crippen molar-refractivity contribution in [2.75, 3.05) is 12.3 Å². The van der Waals surface area contributed by atoms with Gasteiger partial charge in [0.05, 0.1) is 14.7 Å². The lowest BCUT2D eigenvalue weighted by Crippen LogP contribution is -2.34. The number of benzene rings is 2. The number of esters is 1. The average Bonchev–Trinajstić information content (AvgIpc) is 2.74. The maximum absolute atomic E-state index is 12.5. The maximum atomic E-state index is 12.5. The molecule has 0 aliphatic rings. The van der Waals surface area contributed by atoms with Gasteiger partial charge < -0.3 is 10.5 Å². The van der Waals surface area contributed by atoms with Crippen molar-refractivity contribution in [3.05, 3.63) is 64.2 Å². The summed E-state index contributed by atoms with van der Waals surface area (Å²) in [5, 5.41) is 11.4. The number of nitro groups is 1. The number of nitrogens with two attached hydrogens (primary N) is 1. The minimum atomic E-state index is -4.26. The molecule has 0 heterocycles. The van der Waals surface area contributed by atoms with Crippen LogP contribution in [0.25, 0.3) is 0 Å². The van der Waals surface area contributed by atoms with Gasteiger partial charge in [-0.25, -0.2) is 8.42 Å². The van der Waals surface area contributed by atoms with E-state index in [9.17, 15) is 28.1 Å². The molecule has 0 saturated heterocycles. The highest BCUT2D eigenvalue weighted by Gasteiger charge is 2.25. The number of nitrogens with zero attached hydrogens (tertiary/aromatic N) is 1. The quantitative estimate of drug-likeness (QED) is 0.214. The van der Waals surface area contributed by atoms with Crippen LogP contribution < -0.4 is 10.5 Å². The van der Waals surface area contributed by atoms with Crippen molar-refractivity contribution in [2.45, 2.75) is 29.7 Å². The Morgan fingerprint density at radius 2 is 1.84 bits per heavy atom. The number of carbonyl (C=O) groups is 2. The molecule has 2 rings (SSSR count). The number of ether oxygens (including phenoxy) is 1. The second-order valence-electron chi connectivity index (χ2n) is 7.10. The zero-order valence-electron chi connectivity index (χ0n) is 17.4. The van der Waals surface area contributed by atoms with Gasteiger partial charge in [0.2, 0.25) is 16.1 Å². The molecule has 0 saturated carbocycles. The van der Waals surface area contributed by atoms with Crippen molar-refractivity contribution in [3.8, 4) is 0 Å². The van der Waals surface area contributed by atoms with E-state index in [2.05, 4.69) is 0 Å². The minimum absolute atomic E-state index is 0.288. The number of nitrogens with one attached hydrogen (secondary N) is 1. The topological polar surface area (TPSA) is 159 Å². The highest BCUT2D eigenvalue weighted by molar-refractivity contribution is 7.99. The zero-order valence-corrected chi connectivity index (χ0v) is 19.0. The molecule has 0 aliphatic carbocycles. The first kappa shape index (κ1) is 25.3. The Balaban J connectivity index is 2.12. The second kappa shape index (κ2) is 11.1. The van der Waals surface area contributed by atoms with E-state index in [0.717, 1.165) is 6.07 Å². The minimum Gasteiger partial charge on any atom is -0.446 e. The summed E-state index contributed by atoms with van der Waals surface area (Å²) in [5.41, 5.74) is 5.26. The summed E-state index contributed by atoms with van der Waals surface area (Å²) in [6.07, 6.45) is -1.38. The van der Waals surface area contributed by atoms with Gasteiger partial charge in [0, 0.05) is 17.4 Å². The molecule has 1 amide bonds. The molecule has 10 nitrogen and oxygen atoms in total. The second-order valence-corrected chi connectivity index (χ2v) is 9.93. The van der Waals surface area contributed by atoms with Gasteiger partial charge in [-0.05, 0) is 18.1 Å². The molecule has 2 aromatic carbocycles. The fourth-order valence-electron chi connectivity index (χ4n) is 2.51. The number of hydrogen-bond donors (Lipinski definition) is 2. The molecular weight excluding hydrogens is 458 g/mol. The van der Waals surface area contributed by atoms with E-state index >= 15 is 0 Å². The van der Waals surface area contributed by atoms with E-state index in [1.807, 2.05) is 18.6 Å². The molecule has 0 radical (unpaired) electrons. The van der Waals surface area contributed by atoms with Gasteiger partial charge in [0.15, 0.2) is 0 Å². The SMILES string of the molecule is CC(C)CSc1ccc(S(=O)(=O)NCC(=O)OC(C(N)=O)c2ccccc2)cc1[N+](=O)[O-]. The highest BCUT2D eigenvalue weighted by atomic mass is 32.2. The summed E-state index contributed by atoms with van der Waals surface area (Å²) in [7, 11) is -4.26. The fourth-order valence-corrected chi connectivity index (χ4v) is 4.46. The normalized spacial score (nSPS) is 12.3. The number of sulfonamides is 1. The first-order valence-electron chi connectivity index (χ1n) is 9.46. The van der Waals surface area contributed by atoms with Gasteiger partial charge in [-0.15, -0.1) is 11.8 Å². The van der Waals surface area contributed by atoms with Gasteiger partial charge in [-0.1, -0.05) is 44.2 Å². The molecule has 0 aliphatic heterocycles. The fraction of sp³-hybridized carbons (Fsp3) is 0.300. The lowest BCUT2D eigenvalue weighted by atomic mass is 10.1. The van der Waals surface area contributed by atoms with Crippen LogP contribution in [0.2, 0.25) is 0 Å². The summed E-state index contributed by atoms with van der Waals surface area (Å²) in [5.74, 6) is -1.05. The molecule has 1 atom stereocenters. The van der Waals surface area contributed by atoms with Crippen LogP contribution in [0.3, 0.4) is 0 Å². The Morgan fingerprint density at radius 3 is 2.41 bits per heavy atom. The molecule has 172 valence electrons. The van der Waals surface area contributed by atoms with Crippen molar-refractivity contribution >= 4 is 39.3 Å². The van der Waals surface area contributed by atoms with Crippen LogP contribution in [0.5, 0.6) is 0 Å². The number of amides is 1. The van der Waals surface area contributed by atoms with Crippen LogP contribution in [-0.2, 0) is 24.3 Å². The van der Waals surface area contributed by atoms with Gasteiger partial charge >= 0.3 is 5.97 Å². The lowest BCUT2D eigenvalue weighted by molar-refractivity contribution is -0.388. The molecule has 2 aromatic rings. The van der Waals surface area contributed by atoms with Crippen LogP contribution in [0, 0.1) is 16.0 Å². The Labute approximate surface area is 189 Å². The average molecular weight is 482 g/mol. The van der Waals surface area contributed by atoms with Crippen molar-refractivity contribution in [1.82, 2.24) is 4.72 Å². The first-order chi connectivity index (χ1) is 15.0. The van der Waals surface area contributed by atoms with E-state index in [1.54, 1.807) is 18.2 Å². The molecular formula is C20H23N3O7S2. The number of primary amides is 1. The summed E-state index contributed by atoms with van der Waals surface area (Å²) >= 11 is 1.25. The summed E-state index contributed by atoms with van der Waals surface area (Å²) < 4.78 is 32.1. The molecule has 0 aromatic heterocycles. The van der Waals surface area contributed by atoms with Gasteiger partial charge in [0.25, 0.3) is 11.6 Å². The molecule has 12 heteroatoms. The number of hydrogen-bond acceptors (Lipinski definition) is 8. The Morgan fingerprint density at radius 1 is 1.19 bits per heavy atom. The van der Waals surface area contributed by atoms with Gasteiger partial charge in [-0.2, -0.15) is 4.72 Å². The van der Waals surface area contributed by atoms with Gasteiger partial charge in [0.1, 0.15) is 6.54 Å². The van der Waals surface area contributed by atoms with Crippen molar-refractivity contribution < 1.29 is 27.7 Å². The zero-order chi connectivity index (χ0) is 23.9. The molecule has 1 unspecified atom stereocenters. The Hall–Kier alpha value is -2.96. The predicted molar refractivity (Wildman–Crippen MR) is 118 cm³/mol. The summed E-state index contributed by atoms with van der Waals surface area (Å²) in [4.78, 5) is 34.4. The maximum Gasteiger partial charge on any atom is 0.322 e. The molecule has 3 N–H and O–H groups in total. The number of nitro benzene ring substituents is 1. The number of carbonyl (C=O) groups excluding carboxylic acids is 2. The van der Waals surface area contributed by atoms with Crippen molar-refractivity contribution in [2.24, 2.45) is 11.7 Å². The third-order valence-electron chi connectivity index (χ3n) is 4.03. The summed E-state index contributed by atoms with van der Waals surface area (Å²) in [6, 6.07) is 11.5. The monoisotopic (exact) mass is 481 g/mol. The molecule has 0 spiro atoms. The summed E-state index contributed by atoms with van der Waals surface area (Å²) in [6.45, 7) is 3.12.